The van der Waals surface area contributed by atoms with Gasteiger partial charge in [0.2, 0.25) is 0 Å². The van der Waals surface area contributed by atoms with Crippen molar-refractivity contribution in [2.45, 2.75) is 26.8 Å². The van der Waals surface area contributed by atoms with Gasteiger partial charge in [-0.25, -0.2) is 9.97 Å². The van der Waals surface area contributed by atoms with Gasteiger partial charge in [0.15, 0.2) is 0 Å². The Labute approximate surface area is 127 Å². The number of aromatic nitrogens is 3. The predicted molar refractivity (Wildman–Crippen MR) is 84.8 cm³/mol. The van der Waals surface area contributed by atoms with Crippen molar-refractivity contribution in [1.82, 2.24) is 14.5 Å². The second kappa shape index (κ2) is 5.54. The van der Waals surface area contributed by atoms with Crippen LogP contribution in [-0.2, 0) is 13.0 Å². The number of fused-ring (bicyclic) bond motifs is 1. The second-order valence-corrected chi connectivity index (χ2v) is 6.56. The molecule has 0 saturated heterocycles. The summed E-state index contributed by atoms with van der Waals surface area (Å²) in [5.41, 5.74) is 3.47. The molecule has 2 aromatic heterocycles. The summed E-state index contributed by atoms with van der Waals surface area (Å²) in [6.07, 6.45) is 2.70. The Balaban J connectivity index is 2.12. The van der Waals surface area contributed by atoms with E-state index in [2.05, 4.69) is 35.5 Å². The van der Waals surface area contributed by atoms with Gasteiger partial charge in [0.25, 0.3) is 0 Å². The summed E-state index contributed by atoms with van der Waals surface area (Å²) in [6.45, 7) is 4.97. The summed E-state index contributed by atoms with van der Waals surface area (Å²) in [5, 5.41) is 1.11. The van der Waals surface area contributed by atoms with E-state index >= 15 is 0 Å². The third kappa shape index (κ3) is 2.45. The zero-order valence-corrected chi connectivity index (χ0v) is 13.1. The number of thiazole rings is 1. The number of rotatable bonds is 4. The fourth-order valence-electron chi connectivity index (χ4n) is 2.47. The Kier molecular flexibility index (Phi) is 3.76. The SMILES string of the molecule is Cc1cnc(Cn2c(CCCl)nc3cccc(C)c32)s1. The molecule has 104 valence electrons. The summed E-state index contributed by atoms with van der Waals surface area (Å²) in [5.74, 6) is 1.62. The predicted octanol–water partition coefficient (Wildman–Crippen LogP) is 3.94. The molecular formula is C15H16ClN3S. The van der Waals surface area contributed by atoms with Crippen LogP contribution in [0.2, 0.25) is 0 Å². The van der Waals surface area contributed by atoms with E-state index < -0.39 is 0 Å². The third-order valence-electron chi connectivity index (χ3n) is 3.33. The molecule has 2 heterocycles. The molecule has 5 heteroatoms. The van der Waals surface area contributed by atoms with Gasteiger partial charge in [-0.1, -0.05) is 12.1 Å². The van der Waals surface area contributed by atoms with Crippen molar-refractivity contribution in [3.05, 3.63) is 45.7 Å². The molecule has 0 unspecified atom stereocenters. The van der Waals surface area contributed by atoms with Gasteiger partial charge in [0.05, 0.1) is 17.6 Å². The molecule has 0 spiro atoms. The van der Waals surface area contributed by atoms with Crippen molar-refractivity contribution in [2.24, 2.45) is 0 Å². The smallest absolute Gasteiger partial charge is 0.113 e. The van der Waals surface area contributed by atoms with Gasteiger partial charge in [-0.2, -0.15) is 0 Å². The molecular weight excluding hydrogens is 290 g/mol. The third-order valence-corrected chi connectivity index (χ3v) is 4.41. The van der Waals surface area contributed by atoms with E-state index in [1.165, 1.54) is 16.0 Å². The molecule has 3 nitrogen and oxygen atoms in total. The lowest BCUT2D eigenvalue weighted by Gasteiger charge is -2.08. The average molecular weight is 306 g/mol. The highest BCUT2D eigenvalue weighted by molar-refractivity contribution is 7.11. The first-order chi connectivity index (χ1) is 9.69. The maximum absolute atomic E-state index is 5.92. The van der Waals surface area contributed by atoms with E-state index in [9.17, 15) is 0 Å². The van der Waals surface area contributed by atoms with Crippen LogP contribution in [0, 0.1) is 13.8 Å². The Hall–Kier alpha value is -1.39. The van der Waals surface area contributed by atoms with E-state index in [0.29, 0.717) is 5.88 Å². The summed E-state index contributed by atoms with van der Waals surface area (Å²) in [7, 11) is 0. The van der Waals surface area contributed by atoms with Crippen molar-refractivity contribution in [1.29, 1.82) is 0 Å². The Bertz CT molecular complexity index is 745. The molecule has 20 heavy (non-hydrogen) atoms. The number of para-hydroxylation sites is 1. The van der Waals surface area contributed by atoms with E-state index in [-0.39, 0.29) is 0 Å². The fourth-order valence-corrected chi connectivity index (χ4v) is 3.41. The number of halogens is 1. The van der Waals surface area contributed by atoms with Gasteiger partial charge in [-0.15, -0.1) is 22.9 Å². The second-order valence-electron chi connectivity index (χ2n) is 4.86. The van der Waals surface area contributed by atoms with Crippen LogP contribution in [0.3, 0.4) is 0 Å². The molecule has 3 rings (SSSR count). The summed E-state index contributed by atoms with van der Waals surface area (Å²) >= 11 is 7.65. The van der Waals surface area contributed by atoms with Gasteiger partial charge < -0.3 is 4.57 Å². The van der Waals surface area contributed by atoms with Crippen LogP contribution in [-0.4, -0.2) is 20.4 Å². The monoisotopic (exact) mass is 305 g/mol. The molecule has 0 amide bonds. The molecule has 0 radical (unpaired) electrons. The van der Waals surface area contributed by atoms with Crippen molar-refractivity contribution >= 4 is 34.0 Å². The maximum Gasteiger partial charge on any atom is 0.113 e. The first-order valence-electron chi connectivity index (χ1n) is 6.61. The van der Waals surface area contributed by atoms with Crippen LogP contribution in [0.25, 0.3) is 11.0 Å². The van der Waals surface area contributed by atoms with Crippen LogP contribution in [0.15, 0.2) is 24.4 Å². The van der Waals surface area contributed by atoms with Crippen molar-refractivity contribution in [3.63, 3.8) is 0 Å². The molecule has 0 aliphatic rings. The Morgan fingerprint density at radius 1 is 1.30 bits per heavy atom. The topological polar surface area (TPSA) is 30.7 Å². The van der Waals surface area contributed by atoms with Crippen molar-refractivity contribution in [3.8, 4) is 0 Å². The lowest BCUT2D eigenvalue weighted by molar-refractivity contribution is 0.748. The van der Waals surface area contributed by atoms with Gasteiger partial charge in [0, 0.05) is 23.4 Å². The minimum absolute atomic E-state index is 0.583. The molecule has 0 aliphatic carbocycles. The molecule has 0 N–H and O–H groups in total. The lowest BCUT2D eigenvalue weighted by Crippen LogP contribution is -2.06. The number of hydrogen-bond acceptors (Lipinski definition) is 3. The minimum Gasteiger partial charge on any atom is -0.321 e. The molecule has 0 fully saturated rings. The standard InChI is InChI=1S/C15H16ClN3S/c1-10-4-3-5-12-15(10)19(13(18-12)6-7-16)9-14-17-8-11(2)20-14/h3-5,8H,6-7,9H2,1-2H3. The number of imidazole rings is 1. The summed E-state index contributed by atoms with van der Waals surface area (Å²) in [6, 6.07) is 6.23. The van der Waals surface area contributed by atoms with Gasteiger partial charge in [-0.05, 0) is 25.5 Å². The fraction of sp³-hybridized carbons (Fsp3) is 0.333. The number of nitrogens with zero attached hydrogens (tertiary/aromatic N) is 3. The lowest BCUT2D eigenvalue weighted by atomic mass is 10.2. The Morgan fingerprint density at radius 3 is 2.85 bits per heavy atom. The summed E-state index contributed by atoms with van der Waals surface area (Å²) in [4.78, 5) is 10.4. The molecule has 0 bridgehead atoms. The van der Waals surface area contributed by atoms with E-state index in [0.717, 1.165) is 29.3 Å². The quantitative estimate of drug-likeness (QED) is 0.684. The zero-order chi connectivity index (χ0) is 14.1. The van der Waals surface area contributed by atoms with Gasteiger partial charge in [-0.3, -0.25) is 0 Å². The van der Waals surface area contributed by atoms with E-state index in [1.807, 2.05) is 12.3 Å². The first kappa shape index (κ1) is 13.6. The zero-order valence-electron chi connectivity index (χ0n) is 11.6. The minimum atomic E-state index is 0.583. The number of benzene rings is 1. The molecule has 0 atom stereocenters. The van der Waals surface area contributed by atoms with Crippen LogP contribution < -0.4 is 0 Å². The maximum atomic E-state index is 5.92. The first-order valence-corrected chi connectivity index (χ1v) is 7.96. The molecule has 0 aliphatic heterocycles. The van der Waals surface area contributed by atoms with Crippen LogP contribution in [0.4, 0.5) is 0 Å². The summed E-state index contributed by atoms with van der Waals surface area (Å²) < 4.78 is 2.26. The van der Waals surface area contributed by atoms with Crippen LogP contribution in [0.1, 0.15) is 21.3 Å². The van der Waals surface area contributed by atoms with E-state index in [4.69, 9.17) is 16.6 Å². The van der Waals surface area contributed by atoms with Gasteiger partial charge in [0.1, 0.15) is 10.8 Å². The van der Waals surface area contributed by atoms with Crippen molar-refractivity contribution in [2.75, 3.05) is 5.88 Å². The molecule has 0 saturated carbocycles. The largest absolute Gasteiger partial charge is 0.321 e. The Morgan fingerprint density at radius 2 is 2.15 bits per heavy atom. The highest BCUT2D eigenvalue weighted by atomic mass is 35.5. The van der Waals surface area contributed by atoms with Crippen LogP contribution >= 0.6 is 22.9 Å². The normalized spacial score (nSPS) is 11.3. The molecule has 3 aromatic rings. The molecule has 1 aromatic carbocycles. The van der Waals surface area contributed by atoms with E-state index in [1.54, 1.807) is 11.3 Å². The van der Waals surface area contributed by atoms with Crippen molar-refractivity contribution < 1.29 is 0 Å². The number of alkyl halides is 1. The average Bonchev–Trinajstić information content (AvgIpc) is 2.96. The van der Waals surface area contributed by atoms with Gasteiger partial charge >= 0.3 is 0 Å². The highest BCUT2D eigenvalue weighted by Crippen LogP contribution is 2.23. The van der Waals surface area contributed by atoms with Crippen LogP contribution in [0.5, 0.6) is 0 Å². The number of hydrogen-bond donors (Lipinski definition) is 0. The highest BCUT2D eigenvalue weighted by Gasteiger charge is 2.13. The number of aryl methyl sites for hydroxylation is 3.